The molecule has 358 valence electrons. The van der Waals surface area contributed by atoms with E-state index in [9.17, 15) is 38.0 Å². The van der Waals surface area contributed by atoms with E-state index in [1.165, 1.54) is 18.2 Å². The van der Waals surface area contributed by atoms with Crippen LogP contribution in [-0.4, -0.2) is 130 Å². The van der Waals surface area contributed by atoms with Gasteiger partial charge in [0.15, 0.2) is 17.3 Å². The number of hydrogen-bond acceptors (Lipinski definition) is 14. The molecule has 2 saturated heterocycles. The molecule has 5 N–H and O–H groups in total. The summed E-state index contributed by atoms with van der Waals surface area (Å²) in [6.45, 7) is 7.14. The minimum atomic E-state index is -1.06. The number of carbonyl (C=O) groups excluding carboxylic acids is 7. The Morgan fingerprint density at radius 2 is 1.63 bits per heavy atom. The number of aromatic nitrogens is 2. The fourth-order valence-corrected chi connectivity index (χ4v) is 9.02. The highest BCUT2D eigenvalue weighted by Crippen LogP contribution is 2.36. The van der Waals surface area contributed by atoms with Crippen molar-refractivity contribution in [3.8, 4) is 5.75 Å². The molecule has 0 bridgehead atoms. The van der Waals surface area contributed by atoms with Crippen LogP contribution in [0.5, 0.6) is 5.75 Å². The maximum atomic E-state index is 14.1. The van der Waals surface area contributed by atoms with E-state index in [4.69, 9.17) is 43.1 Å². The molecule has 68 heavy (non-hydrogen) atoms. The number of hydrogen-bond donors (Lipinski definition) is 4. The van der Waals surface area contributed by atoms with Crippen molar-refractivity contribution in [2.75, 3.05) is 62.4 Å². The lowest BCUT2D eigenvalue weighted by Gasteiger charge is -2.44. The monoisotopic (exact) mass is 975 g/mol. The lowest BCUT2D eigenvalue weighted by molar-refractivity contribution is -0.140. The summed E-state index contributed by atoms with van der Waals surface area (Å²) in [5.41, 5.74) is 7.52. The van der Waals surface area contributed by atoms with Gasteiger partial charge in [0.05, 0.1) is 49.0 Å². The highest BCUT2D eigenvalue weighted by molar-refractivity contribution is 6.36. The second-order valence-electron chi connectivity index (χ2n) is 16.3. The van der Waals surface area contributed by atoms with Crippen LogP contribution in [0.15, 0.2) is 60.7 Å². The van der Waals surface area contributed by atoms with Crippen LogP contribution in [0.1, 0.15) is 93.3 Å². The smallest absolute Gasteiger partial charge is 0.276 e. The van der Waals surface area contributed by atoms with Crippen LogP contribution in [-0.2, 0) is 23.9 Å². The van der Waals surface area contributed by atoms with Crippen molar-refractivity contribution >= 4 is 81.7 Å². The summed E-state index contributed by atoms with van der Waals surface area (Å²) < 4.78 is 31.3. The SMILES string of the molecule is C[C@@H]1CN(C(=O)c2ccc(NC(=O)c3cc(O[C@H](C)c4c(Cl)ccc(F)c4Cl)c(N)nn3)cc2)C[C@H](C)N1C(=O)CCOCCOCCNc1cccc2c1C(=O)N(C1CCC(=O)NC1=O)C2=O. The molecule has 0 radical (unpaired) electrons. The molecule has 2 fully saturated rings. The van der Waals surface area contributed by atoms with Gasteiger partial charge in [-0.05, 0) is 75.7 Å². The number of rotatable bonds is 17. The van der Waals surface area contributed by atoms with E-state index in [1.807, 2.05) is 13.8 Å². The maximum Gasteiger partial charge on any atom is 0.276 e. The van der Waals surface area contributed by atoms with E-state index in [1.54, 1.807) is 53.1 Å². The normalized spacial score (nSPS) is 18.6. The molecular weight excluding hydrogens is 928 g/mol. The largest absolute Gasteiger partial charge is 0.482 e. The number of nitrogens with two attached hydrogens (primary N) is 1. The van der Waals surface area contributed by atoms with Crippen molar-refractivity contribution in [1.82, 2.24) is 30.2 Å². The molecule has 0 aliphatic carbocycles. The Kier molecular flexibility index (Phi) is 15.5. The van der Waals surface area contributed by atoms with Gasteiger partial charge in [0.1, 0.15) is 18.0 Å². The molecular formula is C46H48Cl2FN9O10. The number of amides is 7. The van der Waals surface area contributed by atoms with Crippen LogP contribution in [0.2, 0.25) is 10.0 Å². The van der Waals surface area contributed by atoms with Gasteiger partial charge < -0.3 is 40.4 Å². The van der Waals surface area contributed by atoms with Crippen LogP contribution in [0.3, 0.4) is 0 Å². The van der Waals surface area contributed by atoms with E-state index in [2.05, 4.69) is 26.1 Å². The topological polar surface area (TPSA) is 245 Å². The van der Waals surface area contributed by atoms with Crippen LogP contribution in [0.25, 0.3) is 0 Å². The van der Waals surface area contributed by atoms with Gasteiger partial charge in [-0.25, -0.2) is 4.39 Å². The Morgan fingerprint density at radius 1 is 0.926 bits per heavy atom. The van der Waals surface area contributed by atoms with Gasteiger partial charge in [0.2, 0.25) is 17.7 Å². The summed E-state index contributed by atoms with van der Waals surface area (Å²) in [6, 6.07) is 13.3. The second kappa shape index (κ2) is 21.5. The predicted octanol–water partition coefficient (Wildman–Crippen LogP) is 4.90. The van der Waals surface area contributed by atoms with Crippen molar-refractivity contribution in [3.63, 3.8) is 0 Å². The average Bonchev–Trinajstić information content (AvgIpc) is 3.56. The molecule has 3 aliphatic rings. The molecule has 19 nitrogen and oxygen atoms in total. The first-order valence-corrected chi connectivity index (χ1v) is 22.5. The number of halogens is 3. The zero-order valence-corrected chi connectivity index (χ0v) is 38.7. The standard InChI is InChI=1S/C46H48Cl2FN9O10/c1-24-22-56(44(63)27-7-9-28(10-8-27)52-42(61)33-21-35(41(50)55-54-33)68-26(3)38-30(47)11-12-31(49)40(38)48)23-25(2)57(24)37(60)15-17-66-19-20-67-18-16-51-32-6-4-5-29-39(32)46(65)58(45(29)64)34-13-14-36(59)53-43(34)62/h4-12,21,24-26,34,51H,13-20,22-23H2,1-3H3,(H2,50,55)(H,52,61)(H,53,59,62)/t24-,25+,26-,34?/m1/s1. The number of piperidine rings is 1. The first-order valence-electron chi connectivity index (χ1n) is 21.7. The number of nitrogens with zero attached hydrogens (tertiary/aromatic N) is 5. The Labute approximate surface area is 399 Å². The molecule has 7 amide bonds. The second-order valence-corrected chi connectivity index (χ2v) is 17.1. The summed E-state index contributed by atoms with van der Waals surface area (Å²) in [5.74, 6) is -4.11. The lowest BCUT2D eigenvalue weighted by atomic mass is 10.0. The number of benzene rings is 3. The first kappa shape index (κ1) is 49.2. The maximum absolute atomic E-state index is 14.1. The Balaban J connectivity index is 0.807. The number of imide groups is 2. The van der Waals surface area contributed by atoms with E-state index in [0.717, 1.165) is 11.0 Å². The first-order chi connectivity index (χ1) is 32.5. The lowest BCUT2D eigenvalue weighted by Crippen LogP contribution is -2.59. The molecule has 7 rings (SSSR count). The Bertz CT molecular complexity index is 2630. The molecule has 22 heteroatoms. The molecule has 1 unspecified atom stereocenters. The molecule has 0 spiro atoms. The van der Waals surface area contributed by atoms with Gasteiger partial charge in [0.25, 0.3) is 23.6 Å². The average molecular weight is 977 g/mol. The number of piperazine rings is 1. The van der Waals surface area contributed by atoms with E-state index >= 15 is 0 Å². The zero-order chi connectivity index (χ0) is 48.8. The number of nitrogen functional groups attached to an aromatic ring is 1. The number of fused-ring (bicyclic) bond motifs is 1. The molecule has 4 aromatic rings. The summed E-state index contributed by atoms with van der Waals surface area (Å²) in [5, 5.41) is 15.7. The highest BCUT2D eigenvalue weighted by Gasteiger charge is 2.45. The Hall–Kier alpha value is -6.74. The summed E-state index contributed by atoms with van der Waals surface area (Å²) in [7, 11) is 0. The van der Waals surface area contributed by atoms with Crippen LogP contribution >= 0.6 is 23.2 Å². The number of carbonyl (C=O) groups is 7. The number of ether oxygens (including phenoxy) is 3. The predicted molar refractivity (Wildman–Crippen MR) is 246 cm³/mol. The van der Waals surface area contributed by atoms with E-state index < -0.39 is 47.5 Å². The van der Waals surface area contributed by atoms with Gasteiger partial charge in [-0.15, -0.1) is 10.2 Å². The summed E-state index contributed by atoms with van der Waals surface area (Å²) >= 11 is 12.4. The third-order valence-electron chi connectivity index (χ3n) is 11.6. The van der Waals surface area contributed by atoms with Crippen molar-refractivity contribution in [2.24, 2.45) is 0 Å². The quantitative estimate of drug-likeness (QED) is 0.0626. The van der Waals surface area contributed by atoms with Gasteiger partial charge in [-0.2, -0.15) is 0 Å². The molecule has 0 saturated carbocycles. The van der Waals surface area contributed by atoms with Crippen molar-refractivity contribution in [2.45, 2.75) is 64.3 Å². The van der Waals surface area contributed by atoms with Crippen LogP contribution in [0.4, 0.5) is 21.6 Å². The third kappa shape index (κ3) is 10.8. The van der Waals surface area contributed by atoms with Crippen molar-refractivity contribution < 1.29 is 52.2 Å². The highest BCUT2D eigenvalue weighted by atomic mass is 35.5. The van der Waals surface area contributed by atoms with Crippen LogP contribution < -0.4 is 26.4 Å². The molecule has 1 aromatic heterocycles. The molecule has 4 atom stereocenters. The number of nitrogens with one attached hydrogen (secondary N) is 3. The van der Waals surface area contributed by atoms with Gasteiger partial charge in [-0.1, -0.05) is 29.3 Å². The third-order valence-corrected chi connectivity index (χ3v) is 12.3. The van der Waals surface area contributed by atoms with Gasteiger partial charge in [0, 0.05) is 71.7 Å². The summed E-state index contributed by atoms with van der Waals surface area (Å²) in [4.78, 5) is 94.7. The number of anilines is 3. The van der Waals surface area contributed by atoms with Crippen molar-refractivity contribution in [3.05, 3.63) is 104 Å². The molecule has 3 aromatic carbocycles. The minimum Gasteiger partial charge on any atom is -0.482 e. The fourth-order valence-electron chi connectivity index (χ4n) is 8.34. The van der Waals surface area contributed by atoms with E-state index in [-0.39, 0.29) is 114 Å². The zero-order valence-electron chi connectivity index (χ0n) is 37.2. The fraction of sp³-hybridized carbons (Fsp3) is 0.370. The minimum absolute atomic E-state index is 0.00185. The van der Waals surface area contributed by atoms with Crippen LogP contribution in [0, 0.1) is 5.82 Å². The van der Waals surface area contributed by atoms with Crippen molar-refractivity contribution in [1.29, 1.82) is 0 Å². The molecule has 3 aliphatic heterocycles. The molecule has 4 heterocycles. The van der Waals surface area contributed by atoms with E-state index in [0.29, 0.717) is 36.6 Å². The van der Waals surface area contributed by atoms with Gasteiger partial charge >= 0.3 is 0 Å². The summed E-state index contributed by atoms with van der Waals surface area (Å²) in [6.07, 6.45) is -0.639. The Morgan fingerprint density at radius 3 is 2.34 bits per heavy atom. The van der Waals surface area contributed by atoms with Gasteiger partial charge in [-0.3, -0.25) is 43.8 Å².